The number of non-ortho nitro benzene ring substituents is 1. The average molecular weight is 447 g/mol. The summed E-state index contributed by atoms with van der Waals surface area (Å²) >= 11 is 8.57. The summed E-state index contributed by atoms with van der Waals surface area (Å²) in [6.45, 7) is 1.77. The zero-order valence-electron chi connectivity index (χ0n) is 14.2. The molecule has 0 aliphatic carbocycles. The van der Waals surface area contributed by atoms with Gasteiger partial charge in [0, 0.05) is 28.0 Å². The Morgan fingerprint density at radius 3 is 2.41 bits per heavy atom. The monoisotopic (exact) mass is 446 g/mol. The quantitative estimate of drug-likeness (QED) is 0.375. The van der Waals surface area contributed by atoms with E-state index in [1.165, 1.54) is 12.1 Å². The number of nitrogens with one attached hydrogen (secondary N) is 3. The van der Waals surface area contributed by atoms with Gasteiger partial charge in [0.25, 0.3) is 11.6 Å². The molecule has 1 amide bonds. The van der Waals surface area contributed by atoms with Crippen molar-refractivity contribution in [1.29, 1.82) is 0 Å². The van der Waals surface area contributed by atoms with Crippen LogP contribution in [0.5, 0.6) is 0 Å². The van der Waals surface area contributed by atoms with Gasteiger partial charge in [0.15, 0.2) is 5.11 Å². The standard InChI is InChI=1S/C18H15BrN4O3S/c1-10-15(17(24)21-13-6-4-12(19)5-7-13)16(22-18(27)20-10)11-2-8-14(9-3-11)23(25)26/h2-9,16H,1H3,(H,21,24)(H2,20,22,27)/t16-/m1/s1. The van der Waals surface area contributed by atoms with Crippen molar-refractivity contribution in [1.82, 2.24) is 10.6 Å². The Morgan fingerprint density at radius 1 is 1.19 bits per heavy atom. The molecule has 0 aromatic heterocycles. The number of carbonyl (C=O) groups is 1. The topological polar surface area (TPSA) is 96.3 Å². The van der Waals surface area contributed by atoms with E-state index in [-0.39, 0.29) is 11.6 Å². The van der Waals surface area contributed by atoms with Crippen molar-refractivity contribution in [3.05, 3.63) is 80.0 Å². The molecule has 138 valence electrons. The Hall–Kier alpha value is -2.78. The highest BCUT2D eigenvalue weighted by atomic mass is 79.9. The molecule has 27 heavy (non-hydrogen) atoms. The molecule has 2 aromatic rings. The maximum absolute atomic E-state index is 12.9. The van der Waals surface area contributed by atoms with Crippen LogP contribution in [0.1, 0.15) is 18.5 Å². The zero-order valence-corrected chi connectivity index (χ0v) is 16.6. The number of nitro groups is 1. The lowest BCUT2D eigenvalue weighted by Crippen LogP contribution is -2.45. The van der Waals surface area contributed by atoms with E-state index in [4.69, 9.17) is 12.2 Å². The van der Waals surface area contributed by atoms with E-state index in [1.54, 1.807) is 31.2 Å². The fourth-order valence-corrected chi connectivity index (χ4v) is 3.30. The van der Waals surface area contributed by atoms with E-state index >= 15 is 0 Å². The highest BCUT2D eigenvalue weighted by Gasteiger charge is 2.30. The van der Waals surface area contributed by atoms with Crippen molar-refractivity contribution in [2.45, 2.75) is 13.0 Å². The van der Waals surface area contributed by atoms with Crippen molar-refractivity contribution in [2.75, 3.05) is 5.32 Å². The summed E-state index contributed by atoms with van der Waals surface area (Å²) < 4.78 is 0.908. The van der Waals surface area contributed by atoms with Crippen molar-refractivity contribution < 1.29 is 9.72 Å². The molecular weight excluding hydrogens is 432 g/mol. The zero-order chi connectivity index (χ0) is 19.6. The molecule has 9 heteroatoms. The molecule has 1 aliphatic rings. The van der Waals surface area contributed by atoms with Gasteiger partial charge in [0.05, 0.1) is 16.5 Å². The van der Waals surface area contributed by atoms with Crippen LogP contribution in [-0.2, 0) is 4.79 Å². The third kappa shape index (κ3) is 4.32. The van der Waals surface area contributed by atoms with E-state index < -0.39 is 11.0 Å². The number of benzene rings is 2. The number of anilines is 1. The Labute approximate surface area is 169 Å². The molecule has 0 bridgehead atoms. The maximum atomic E-state index is 12.9. The molecule has 1 atom stereocenters. The van der Waals surface area contributed by atoms with Gasteiger partial charge >= 0.3 is 0 Å². The molecule has 3 N–H and O–H groups in total. The molecule has 0 saturated heterocycles. The Bertz CT molecular complexity index is 942. The van der Waals surface area contributed by atoms with Crippen LogP contribution in [0.15, 0.2) is 64.3 Å². The fraction of sp³-hybridized carbons (Fsp3) is 0.111. The first-order chi connectivity index (χ1) is 12.8. The van der Waals surface area contributed by atoms with Gasteiger partial charge in [0.2, 0.25) is 0 Å². The second kappa shape index (κ2) is 7.85. The van der Waals surface area contributed by atoms with Crippen LogP contribution in [-0.4, -0.2) is 15.9 Å². The van der Waals surface area contributed by atoms with Gasteiger partial charge in [0.1, 0.15) is 0 Å². The SMILES string of the molecule is CC1=C(C(=O)Nc2ccc(Br)cc2)[C@@H](c2ccc([N+](=O)[O-])cc2)NC(=S)N1. The highest BCUT2D eigenvalue weighted by molar-refractivity contribution is 9.10. The largest absolute Gasteiger partial charge is 0.351 e. The van der Waals surface area contributed by atoms with Crippen molar-refractivity contribution >= 4 is 50.5 Å². The summed E-state index contributed by atoms with van der Waals surface area (Å²) in [6, 6.07) is 12.8. The molecule has 2 aromatic carbocycles. The number of halogens is 1. The summed E-state index contributed by atoms with van der Waals surface area (Å²) in [7, 11) is 0. The van der Waals surface area contributed by atoms with E-state index in [0.717, 1.165) is 4.47 Å². The van der Waals surface area contributed by atoms with E-state index in [9.17, 15) is 14.9 Å². The summed E-state index contributed by atoms with van der Waals surface area (Å²) in [5.74, 6) is -0.291. The molecule has 0 unspecified atom stereocenters. The number of nitro benzene ring substituents is 1. The fourth-order valence-electron chi connectivity index (χ4n) is 2.77. The van der Waals surface area contributed by atoms with Gasteiger partial charge in [-0.15, -0.1) is 0 Å². The van der Waals surface area contributed by atoms with E-state index in [0.29, 0.717) is 27.6 Å². The molecule has 1 aliphatic heterocycles. The number of hydrogen-bond donors (Lipinski definition) is 3. The lowest BCUT2D eigenvalue weighted by molar-refractivity contribution is -0.384. The molecule has 0 fully saturated rings. The number of hydrogen-bond acceptors (Lipinski definition) is 4. The number of nitrogens with zero attached hydrogens (tertiary/aromatic N) is 1. The Morgan fingerprint density at radius 2 is 1.81 bits per heavy atom. The first kappa shape index (κ1) is 19.0. The lowest BCUT2D eigenvalue weighted by Gasteiger charge is -2.30. The predicted octanol–water partition coefficient (Wildman–Crippen LogP) is 3.79. The van der Waals surface area contributed by atoms with Crippen LogP contribution in [0.4, 0.5) is 11.4 Å². The predicted molar refractivity (Wildman–Crippen MR) is 110 cm³/mol. The average Bonchev–Trinajstić information content (AvgIpc) is 2.63. The first-order valence-corrected chi connectivity index (χ1v) is 9.15. The van der Waals surface area contributed by atoms with Crippen molar-refractivity contribution in [3.8, 4) is 0 Å². The molecular formula is C18H15BrN4O3S. The van der Waals surface area contributed by atoms with Crippen molar-refractivity contribution in [2.24, 2.45) is 0 Å². The minimum absolute atomic E-state index is 0.0168. The highest BCUT2D eigenvalue weighted by Crippen LogP contribution is 2.29. The van der Waals surface area contributed by atoms with Gasteiger partial charge in [-0.2, -0.15) is 0 Å². The minimum Gasteiger partial charge on any atom is -0.351 e. The van der Waals surface area contributed by atoms with Crippen LogP contribution in [0.25, 0.3) is 0 Å². The number of amides is 1. The van der Waals surface area contributed by atoms with Gasteiger partial charge in [-0.3, -0.25) is 14.9 Å². The summed E-state index contributed by atoms with van der Waals surface area (Å²) in [5.41, 5.74) is 2.41. The lowest BCUT2D eigenvalue weighted by atomic mass is 9.94. The third-order valence-corrected chi connectivity index (χ3v) is 4.80. The third-order valence-electron chi connectivity index (χ3n) is 4.05. The molecule has 0 radical (unpaired) electrons. The Kier molecular flexibility index (Phi) is 5.52. The molecule has 0 saturated carbocycles. The van der Waals surface area contributed by atoms with Crippen LogP contribution in [0.2, 0.25) is 0 Å². The molecule has 7 nitrogen and oxygen atoms in total. The smallest absolute Gasteiger partial charge is 0.269 e. The number of thiocarbonyl (C=S) groups is 1. The number of carbonyl (C=O) groups excluding carboxylic acids is 1. The van der Waals surface area contributed by atoms with Crippen LogP contribution < -0.4 is 16.0 Å². The summed E-state index contributed by atoms with van der Waals surface area (Å²) in [4.78, 5) is 23.3. The van der Waals surface area contributed by atoms with Gasteiger partial charge in [-0.1, -0.05) is 15.9 Å². The normalized spacial score (nSPS) is 16.4. The molecule has 3 rings (SSSR count). The number of rotatable bonds is 4. The van der Waals surface area contributed by atoms with Crippen molar-refractivity contribution in [3.63, 3.8) is 0 Å². The van der Waals surface area contributed by atoms with Gasteiger partial charge in [-0.05, 0) is 61.1 Å². The minimum atomic E-state index is -0.519. The first-order valence-electron chi connectivity index (χ1n) is 7.94. The number of allylic oxidation sites excluding steroid dienone is 1. The van der Waals surface area contributed by atoms with Crippen LogP contribution in [0.3, 0.4) is 0 Å². The molecule has 1 heterocycles. The summed E-state index contributed by atoms with van der Waals surface area (Å²) in [5, 5.41) is 20.1. The second-order valence-electron chi connectivity index (χ2n) is 5.88. The molecule has 0 spiro atoms. The van der Waals surface area contributed by atoms with Gasteiger partial charge in [-0.25, -0.2) is 0 Å². The van der Waals surface area contributed by atoms with E-state index in [2.05, 4.69) is 31.9 Å². The van der Waals surface area contributed by atoms with Crippen LogP contribution >= 0.6 is 28.1 Å². The van der Waals surface area contributed by atoms with Gasteiger partial charge < -0.3 is 16.0 Å². The van der Waals surface area contributed by atoms with Crippen LogP contribution in [0, 0.1) is 10.1 Å². The Balaban J connectivity index is 1.92. The summed E-state index contributed by atoms with van der Waals surface area (Å²) in [6.07, 6.45) is 0. The maximum Gasteiger partial charge on any atom is 0.269 e. The second-order valence-corrected chi connectivity index (χ2v) is 7.20. The van der Waals surface area contributed by atoms with E-state index in [1.807, 2.05) is 12.1 Å².